The average molecular weight is 494 g/mol. The van der Waals surface area contributed by atoms with Crippen LogP contribution in [0.1, 0.15) is 41.0 Å². The maximum atomic E-state index is 12.7. The van der Waals surface area contributed by atoms with Crippen molar-refractivity contribution >= 4 is 17.7 Å². The lowest BCUT2D eigenvalue weighted by atomic mass is 10.00. The first-order valence-corrected chi connectivity index (χ1v) is 13.1. The van der Waals surface area contributed by atoms with Gasteiger partial charge in [-0.05, 0) is 68.2 Å². The molecular weight excluding hydrogens is 450 g/mol. The second-order valence-electron chi connectivity index (χ2n) is 10.6. The van der Waals surface area contributed by atoms with E-state index in [1.807, 2.05) is 34.6 Å². The van der Waals surface area contributed by atoms with E-state index in [1.165, 1.54) is 24.7 Å². The van der Waals surface area contributed by atoms with Gasteiger partial charge >= 0.3 is 5.97 Å². The first-order valence-electron chi connectivity index (χ1n) is 12.3. The van der Waals surface area contributed by atoms with Gasteiger partial charge in [-0.25, -0.2) is 4.79 Å². The highest BCUT2D eigenvalue weighted by atomic mass is 32.2. The Morgan fingerprint density at radius 2 is 1.76 bits per heavy atom. The van der Waals surface area contributed by atoms with Crippen LogP contribution in [-0.2, 0) is 14.3 Å². The SMILES string of the molecule is CC1=C(OCCN2CCN(CCCN(C)C)CC2)C(C)=C2C(N)=C(C(=O)OC(C)(C)C)SC2N1. The van der Waals surface area contributed by atoms with Crippen LogP contribution in [0.5, 0.6) is 0 Å². The number of nitrogens with zero attached hydrogens (tertiary/aromatic N) is 3. The fraction of sp³-hybridized carbons (Fsp3) is 0.720. The summed E-state index contributed by atoms with van der Waals surface area (Å²) in [6.45, 7) is 17.9. The molecule has 0 bridgehead atoms. The van der Waals surface area contributed by atoms with Crippen molar-refractivity contribution in [1.29, 1.82) is 0 Å². The van der Waals surface area contributed by atoms with Crippen LogP contribution in [0.15, 0.2) is 33.2 Å². The van der Waals surface area contributed by atoms with Crippen LogP contribution in [0.4, 0.5) is 0 Å². The van der Waals surface area contributed by atoms with Crippen LogP contribution < -0.4 is 11.1 Å². The molecule has 192 valence electrons. The first-order chi connectivity index (χ1) is 16.0. The molecule has 0 radical (unpaired) electrons. The van der Waals surface area contributed by atoms with Gasteiger partial charge in [-0.2, -0.15) is 0 Å². The van der Waals surface area contributed by atoms with E-state index >= 15 is 0 Å². The Morgan fingerprint density at radius 3 is 2.35 bits per heavy atom. The van der Waals surface area contributed by atoms with E-state index in [1.54, 1.807) is 0 Å². The number of fused-ring (bicyclic) bond motifs is 1. The van der Waals surface area contributed by atoms with Crippen LogP contribution in [-0.4, -0.2) is 98.2 Å². The van der Waals surface area contributed by atoms with Gasteiger partial charge in [0, 0.05) is 43.9 Å². The van der Waals surface area contributed by atoms with Crippen LogP contribution in [0.25, 0.3) is 0 Å². The lowest BCUT2D eigenvalue weighted by molar-refractivity contribution is -0.148. The lowest BCUT2D eigenvalue weighted by Gasteiger charge is -2.35. The van der Waals surface area contributed by atoms with Crippen molar-refractivity contribution in [3.8, 4) is 0 Å². The van der Waals surface area contributed by atoms with Gasteiger partial charge in [-0.3, -0.25) is 4.90 Å². The molecule has 3 rings (SSSR count). The van der Waals surface area contributed by atoms with Gasteiger partial charge in [0.1, 0.15) is 28.2 Å². The highest BCUT2D eigenvalue weighted by Gasteiger charge is 2.39. The molecule has 3 heterocycles. The molecule has 0 spiro atoms. The molecule has 1 saturated heterocycles. The van der Waals surface area contributed by atoms with Crippen molar-refractivity contribution in [3.63, 3.8) is 0 Å². The molecule has 3 aliphatic rings. The molecule has 1 atom stereocenters. The van der Waals surface area contributed by atoms with Crippen LogP contribution in [0, 0.1) is 0 Å². The standard InChI is InChI=1S/C25H43N5O3S/c1-17-19-20(26)22(24(31)33-25(3,4)5)34-23(19)27-18(2)21(17)32-16-15-30-13-11-29(12-14-30)10-8-9-28(6)7/h23,27H,8-16,26H2,1-7H3. The minimum absolute atomic E-state index is 0.0876. The summed E-state index contributed by atoms with van der Waals surface area (Å²) in [5.74, 6) is 0.468. The number of ether oxygens (including phenoxy) is 2. The smallest absolute Gasteiger partial charge is 0.347 e. The largest absolute Gasteiger partial charge is 0.490 e. The molecule has 8 nitrogen and oxygen atoms in total. The number of hydrogen-bond donors (Lipinski definition) is 2. The Morgan fingerprint density at radius 1 is 1.15 bits per heavy atom. The van der Waals surface area contributed by atoms with Gasteiger partial charge in [0.2, 0.25) is 0 Å². The quantitative estimate of drug-likeness (QED) is 0.470. The van der Waals surface area contributed by atoms with Crippen molar-refractivity contribution in [2.24, 2.45) is 5.73 Å². The van der Waals surface area contributed by atoms with Gasteiger partial charge in [0.25, 0.3) is 0 Å². The monoisotopic (exact) mass is 493 g/mol. The zero-order valence-electron chi connectivity index (χ0n) is 22.0. The molecule has 1 unspecified atom stereocenters. The third kappa shape index (κ3) is 6.93. The van der Waals surface area contributed by atoms with Crippen LogP contribution in [0.2, 0.25) is 0 Å². The minimum atomic E-state index is -0.560. The van der Waals surface area contributed by atoms with Gasteiger partial charge < -0.3 is 30.3 Å². The zero-order valence-corrected chi connectivity index (χ0v) is 22.8. The number of nitrogens with one attached hydrogen (secondary N) is 1. The van der Waals surface area contributed by atoms with Crippen molar-refractivity contribution < 1.29 is 14.3 Å². The summed E-state index contributed by atoms with van der Waals surface area (Å²) in [6.07, 6.45) is 1.22. The van der Waals surface area contributed by atoms with E-state index in [0.717, 1.165) is 61.9 Å². The first kappa shape index (κ1) is 26.9. The number of carbonyl (C=O) groups excluding carboxylic acids is 1. The number of carbonyl (C=O) groups is 1. The predicted molar refractivity (Wildman–Crippen MR) is 139 cm³/mol. The third-order valence-electron chi connectivity index (χ3n) is 6.25. The molecule has 0 aromatic carbocycles. The Balaban J connectivity index is 1.53. The van der Waals surface area contributed by atoms with Crippen LogP contribution in [0.3, 0.4) is 0 Å². The van der Waals surface area contributed by atoms with E-state index in [4.69, 9.17) is 15.2 Å². The van der Waals surface area contributed by atoms with Crippen molar-refractivity contribution in [3.05, 3.63) is 33.2 Å². The number of dihydropyridines is 1. The topological polar surface area (TPSA) is 83.3 Å². The summed E-state index contributed by atoms with van der Waals surface area (Å²) in [5, 5.41) is 3.38. The summed E-state index contributed by atoms with van der Waals surface area (Å²) in [4.78, 5) is 20.4. The third-order valence-corrected chi connectivity index (χ3v) is 7.46. The van der Waals surface area contributed by atoms with Crippen molar-refractivity contribution in [2.45, 2.75) is 52.0 Å². The highest BCUT2D eigenvalue weighted by molar-refractivity contribution is 8.05. The molecule has 3 aliphatic heterocycles. The number of esters is 1. The second-order valence-corrected chi connectivity index (χ2v) is 11.7. The van der Waals surface area contributed by atoms with Gasteiger partial charge in [0.05, 0.1) is 11.4 Å². The number of nitrogens with two attached hydrogens (primary N) is 1. The predicted octanol–water partition coefficient (Wildman–Crippen LogP) is 2.31. The Hall–Kier alpha value is -1.68. The van der Waals surface area contributed by atoms with Gasteiger partial charge in [-0.1, -0.05) is 11.8 Å². The van der Waals surface area contributed by atoms with Gasteiger partial charge in [0.15, 0.2) is 0 Å². The number of hydrogen-bond acceptors (Lipinski definition) is 9. The second kappa shape index (κ2) is 11.4. The number of piperazine rings is 1. The molecule has 1 fully saturated rings. The molecule has 9 heteroatoms. The van der Waals surface area contributed by atoms with E-state index < -0.39 is 5.60 Å². The van der Waals surface area contributed by atoms with E-state index in [9.17, 15) is 4.79 Å². The fourth-order valence-corrected chi connectivity index (χ4v) is 5.76. The molecule has 0 aliphatic carbocycles. The average Bonchev–Trinajstić information content (AvgIpc) is 3.06. The van der Waals surface area contributed by atoms with Crippen molar-refractivity contribution in [1.82, 2.24) is 20.0 Å². The van der Waals surface area contributed by atoms with Gasteiger partial charge in [-0.15, -0.1) is 0 Å². The minimum Gasteiger partial charge on any atom is -0.490 e. The van der Waals surface area contributed by atoms with E-state index in [-0.39, 0.29) is 11.3 Å². The maximum Gasteiger partial charge on any atom is 0.347 e. The molecule has 3 N–H and O–H groups in total. The Kier molecular flexibility index (Phi) is 9.00. The molecule has 0 aromatic heterocycles. The highest BCUT2D eigenvalue weighted by Crippen LogP contribution is 2.44. The molecule has 0 saturated carbocycles. The number of allylic oxidation sites excluding steroid dienone is 2. The molecule has 34 heavy (non-hydrogen) atoms. The number of rotatable bonds is 9. The number of thioether (sulfide) groups is 1. The normalized spacial score (nSPS) is 22.4. The Labute approximate surface area is 209 Å². The summed E-state index contributed by atoms with van der Waals surface area (Å²) in [6, 6.07) is 0. The van der Waals surface area contributed by atoms with E-state index in [0.29, 0.717) is 17.2 Å². The summed E-state index contributed by atoms with van der Waals surface area (Å²) >= 11 is 1.42. The summed E-state index contributed by atoms with van der Waals surface area (Å²) < 4.78 is 11.8. The Bertz CT molecular complexity index is 851. The molecule has 0 aromatic rings. The molecular formula is C25H43N5O3S. The molecule has 0 amide bonds. The maximum absolute atomic E-state index is 12.7. The lowest BCUT2D eigenvalue weighted by Crippen LogP contribution is -2.47. The van der Waals surface area contributed by atoms with E-state index in [2.05, 4.69) is 34.1 Å². The summed E-state index contributed by atoms with van der Waals surface area (Å²) in [7, 11) is 4.26. The van der Waals surface area contributed by atoms with Crippen molar-refractivity contribution in [2.75, 3.05) is 66.5 Å². The van der Waals surface area contributed by atoms with Crippen LogP contribution >= 0.6 is 11.8 Å². The fourth-order valence-electron chi connectivity index (χ4n) is 4.49. The summed E-state index contributed by atoms with van der Waals surface area (Å²) in [5.41, 5.74) is 9.26. The zero-order chi connectivity index (χ0) is 25.0.